The Morgan fingerprint density at radius 3 is 2.71 bits per heavy atom. The largest absolute Gasteiger partial charge is 0.495 e. The number of nitriles is 1. The molecule has 0 atom stereocenters. The van der Waals surface area contributed by atoms with E-state index >= 15 is 0 Å². The van der Waals surface area contributed by atoms with Gasteiger partial charge in [-0.1, -0.05) is 12.5 Å². The van der Waals surface area contributed by atoms with E-state index in [9.17, 15) is 0 Å². The van der Waals surface area contributed by atoms with Gasteiger partial charge in [-0.15, -0.1) is 0 Å². The molecule has 0 spiro atoms. The summed E-state index contributed by atoms with van der Waals surface area (Å²) in [6, 6.07) is 8.06. The van der Waals surface area contributed by atoms with Crippen LogP contribution < -0.4 is 4.74 Å². The van der Waals surface area contributed by atoms with Gasteiger partial charge in [0.05, 0.1) is 12.7 Å². The van der Waals surface area contributed by atoms with E-state index in [1.807, 2.05) is 18.2 Å². The Morgan fingerprint density at radius 1 is 1.29 bits per heavy atom. The fourth-order valence-electron chi connectivity index (χ4n) is 2.32. The highest BCUT2D eigenvalue weighted by atomic mass is 16.5. The van der Waals surface area contributed by atoms with Crippen LogP contribution in [0.3, 0.4) is 0 Å². The van der Waals surface area contributed by atoms with Crippen LogP contribution in [-0.4, -0.2) is 25.1 Å². The monoisotopic (exact) mass is 230 g/mol. The molecule has 3 heteroatoms. The number of methoxy groups -OCH3 is 1. The van der Waals surface area contributed by atoms with Gasteiger partial charge in [-0.2, -0.15) is 5.26 Å². The van der Waals surface area contributed by atoms with Crippen LogP contribution in [0.25, 0.3) is 0 Å². The fraction of sp³-hybridized carbons (Fsp3) is 0.500. The molecule has 0 saturated carbocycles. The van der Waals surface area contributed by atoms with Crippen molar-refractivity contribution in [3.05, 3.63) is 29.3 Å². The second-order valence-electron chi connectivity index (χ2n) is 4.48. The summed E-state index contributed by atoms with van der Waals surface area (Å²) in [5.41, 5.74) is 1.83. The quantitative estimate of drug-likeness (QED) is 0.800. The molecule has 1 heterocycles. The number of likely N-dealkylation sites (tertiary alicyclic amines) is 1. The molecule has 0 bridgehead atoms. The van der Waals surface area contributed by atoms with Gasteiger partial charge in [0.15, 0.2) is 0 Å². The lowest BCUT2D eigenvalue weighted by Gasteiger charge is -2.26. The fourth-order valence-corrected chi connectivity index (χ4v) is 2.32. The summed E-state index contributed by atoms with van der Waals surface area (Å²) in [6.45, 7) is 3.29. The average Bonchev–Trinajstić information content (AvgIpc) is 2.40. The second-order valence-corrected chi connectivity index (χ2v) is 4.48. The highest BCUT2D eigenvalue weighted by Gasteiger charge is 2.11. The van der Waals surface area contributed by atoms with E-state index < -0.39 is 0 Å². The molecule has 1 saturated heterocycles. The summed E-state index contributed by atoms with van der Waals surface area (Å²) in [5.74, 6) is 0.662. The molecule has 17 heavy (non-hydrogen) atoms. The zero-order valence-corrected chi connectivity index (χ0v) is 10.3. The topological polar surface area (TPSA) is 36.3 Å². The normalized spacial score (nSPS) is 16.5. The second kappa shape index (κ2) is 5.70. The van der Waals surface area contributed by atoms with E-state index in [4.69, 9.17) is 10.00 Å². The first-order valence-electron chi connectivity index (χ1n) is 6.13. The molecule has 3 nitrogen and oxygen atoms in total. The Balaban J connectivity index is 2.08. The minimum absolute atomic E-state index is 0.627. The maximum Gasteiger partial charge on any atom is 0.136 e. The Labute approximate surface area is 103 Å². The lowest BCUT2D eigenvalue weighted by Crippen LogP contribution is -2.29. The van der Waals surface area contributed by atoms with Crippen molar-refractivity contribution in [2.75, 3.05) is 20.2 Å². The van der Waals surface area contributed by atoms with Gasteiger partial charge in [-0.3, -0.25) is 4.90 Å². The van der Waals surface area contributed by atoms with E-state index in [1.54, 1.807) is 7.11 Å². The third kappa shape index (κ3) is 2.98. The summed E-state index contributed by atoms with van der Waals surface area (Å²) in [6.07, 6.45) is 3.94. The van der Waals surface area contributed by atoms with Crippen LogP contribution in [-0.2, 0) is 6.54 Å². The molecule has 0 radical (unpaired) electrons. The van der Waals surface area contributed by atoms with Crippen LogP contribution in [0.15, 0.2) is 18.2 Å². The molecule has 0 aliphatic carbocycles. The average molecular weight is 230 g/mol. The van der Waals surface area contributed by atoms with Crippen molar-refractivity contribution in [3.8, 4) is 11.8 Å². The minimum atomic E-state index is 0.627. The molecule has 0 amide bonds. The first-order chi connectivity index (χ1) is 8.33. The molecular formula is C14H18N2O. The molecular weight excluding hydrogens is 212 g/mol. The number of benzene rings is 1. The zero-order chi connectivity index (χ0) is 12.1. The standard InChI is InChI=1S/C14H18N2O/c1-17-14-6-5-12(9-13(14)10-15)11-16-7-3-2-4-8-16/h5-6,9H,2-4,7-8,11H2,1H3. The van der Waals surface area contributed by atoms with Gasteiger partial charge in [0, 0.05) is 6.54 Å². The van der Waals surface area contributed by atoms with Crippen LogP contribution >= 0.6 is 0 Å². The number of rotatable bonds is 3. The molecule has 1 fully saturated rings. The van der Waals surface area contributed by atoms with Gasteiger partial charge in [0.25, 0.3) is 0 Å². The van der Waals surface area contributed by atoms with Gasteiger partial charge >= 0.3 is 0 Å². The predicted octanol–water partition coefficient (Wildman–Crippen LogP) is 2.55. The molecule has 0 aromatic heterocycles. The molecule has 0 unspecified atom stereocenters. The van der Waals surface area contributed by atoms with E-state index in [2.05, 4.69) is 11.0 Å². The van der Waals surface area contributed by atoms with Gasteiger partial charge in [0.1, 0.15) is 11.8 Å². The molecule has 1 aliphatic rings. The van der Waals surface area contributed by atoms with Crippen molar-refractivity contribution in [2.45, 2.75) is 25.8 Å². The minimum Gasteiger partial charge on any atom is -0.495 e. The summed E-state index contributed by atoms with van der Waals surface area (Å²) >= 11 is 0. The highest BCUT2D eigenvalue weighted by molar-refractivity contribution is 5.45. The van der Waals surface area contributed by atoms with Crippen molar-refractivity contribution in [2.24, 2.45) is 0 Å². The summed E-state index contributed by atoms with van der Waals surface area (Å²) in [4.78, 5) is 2.45. The number of piperidine rings is 1. The number of hydrogen-bond acceptors (Lipinski definition) is 3. The maximum absolute atomic E-state index is 9.04. The first kappa shape index (κ1) is 11.9. The zero-order valence-electron chi connectivity index (χ0n) is 10.3. The summed E-state index contributed by atoms with van der Waals surface area (Å²) in [7, 11) is 1.60. The van der Waals surface area contributed by atoms with Gasteiger partial charge in [-0.05, 0) is 43.6 Å². The number of hydrogen-bond donors (Lipinski definition) is 0. The Bertz CT molecular complexity index is 417. The molecule has 1 aliphatic heterocycles. The van der Waals surface area contributed by atoms with Crippen LogP contribution in [0.2, 0.25) is 0 Å². The Morgan fingerprint density at radius 2 is 2.06 bits per heavy atom. The first-order valence-corrected chi connectivity index (χ1v) is 6.13. The molecule has 0 N–H and O–H groups in total. The molecule has 2 rings (SSSR count). The Kier molecular flexibility index (Phi) is 4.00. The van der Waals surface area contributed by atoms with Gasteiger partial charge < -0.3 is 4.74 Å². The van der Waals surface area contributed by atoms with Gasteiger partial charge in [0.2, 0.25) is 0 Å². The highest BCUT2D eigenvalue weighted by Crippen LogP contribution is 2.20. The lowest BCUT2D eigenvalue weighted by atomic mass is 10.1. The van der Waals surface area contributed by atoms with Crippen LogP contribution in [0.5, 0.6) is 5.75 Å². The lowest BCUT2D eigenvalue weighted by molar-refractivity contribution is 0.221. The SMILES string of the molecule is COc1ccc(CN2CCCCC2)cc1C#N. The van der Waals surface area contributed by atoms with Crippen molar-refractivity contribution < 1.29 is 4.74 Å². The third-order valence-electron chi connectivity index (χ3n) is 3.24. The Hall–Kier alpha value is -1.53. The smallest absolute Gasteiger partial charge is 0.136 e. The van der Waals surface area contributed by atoms with Crippen LogP contribution in [0, 0.1) is 11.3 Å². The number of nitrogens with zero attached hydrogens (tertiary/aromatic N) is 2. The number of ether oxygens (including phenoxy) is 1. The van der Waals surface area contributed by atoms with Crippen molar-refractivity contribution in [3.63, 3.8) is 0 Å². The predicted molar refractivity (Wildman–Crippen MR) is 66.8 cm³/mol. The summed E-state index contributed by atoms with van der Waals surface area (Å²) in [5, 5.41) is 9.04. The molecule has 1 aromatic rings. The van der Waals surface area contributed by atoms with Crippen LogP contribution in [0.1, 0.15) is 30.4 Å². The van der Waals surface area contributed by atoms with Crippen molar-refractivity contribution in [1.29, 1.82) is 5.26 Å². The van der Waals surface area contributed by atoms with E-state index in [0.29, 0.717) is 11.3 Å². The van der Waals surface area contributed by atoms with E-state index in [0.717, 1.165) is 6.54 Å². The van der Waals surface area contributed by atoms with Crippen molar-refractivity contribution in [1.82, 2.24) is 4.90 Å². The summed E-state index contributed by atoms with van der Waals surface area (Å²) < 4.78 is 5.15. The van der Waals surface area contributed by atoms with E-state index in [1.165, 1.54) is 37.9 Å². The third-order valence-corrected chi connectivity index (χ3v) is 3.24. The van der Waals surface area contributed by atoms with Crippen LogP contribution in [0.4, 0.5) is 0 Å². The molecule has 1 aromatic carbocycles. The van der Waals surface area contributed by atoms with E-state index in [-0.39, 0.29) is 0 Å². The van der Waals surface area contributed by atoms with Gasteiger partial charge in [-0.25, -0.2) is 0 Å². The maximum atomic E-state index is 9.04. The van der Waals surface area contributed by atoms with Crippen molar-refractivity contribution >= 4 is 0 Å². The molecule has 90 valence electrons.